The van der Waals surface area contributed by atoms with Crippen molar-refractivity contribution in [1.82, 2.24) is 10.3 Å². The van der Waals surface area contributed by atoms with E-state index in [0.717, 1.165) is 11.8 Å². The summed E-state index contributed by atoms with van der Waals surface area (Å²) in [5.74, 6) is 1.69. The van der Waals surface area contributed by atoms with Crippen molar-refractivity contribution in [2.75, 3.05) is 13.1 Å². The van der Waals surface area contributed by atoms with E-state index in [0.29, 0.717) is 0 Å². The zero-order valence-corrected chi connectivity index (χ0v) is 7.14. The fourth-order valence-electron chi connectivity index (χ4n) is 2.70. The van der Waals surface area contributed by atoms with Crippen LogP contribution in [0.4, 0.5) is 0 Å². The van der Waals surface area contributed by atoms with Gasteiger partial charge >= 0.3 is 0 Å². The summed E-state index contributed by atoms with van der Waals surface area (Å²) < 4.78 is 0. The molecule has 0 radical (unpaired) electrons. The number of aromatic amines is 1. The summed E-state index contributed by atoms with van der Waals surface area (Å²) in [6, 6.07) is 0. The van der Waals surface area contributed by atoms with Crippen molar-refractivity contribution in [3.63, 3.8) is 0 Å². The largest absolute Gasteiger partial charge is 0.367 e. The molecule has 0 saturated carbocycles. The molecule has 2 atom stereocenters. The molecule has 12 heavy (non-hydrogen) atoms. The Labute approximate surface area is 72.4 Å². The van der Waals surface area contributed by atoms with Crippen molar-refractivity contribution in [2.24, 2.45) is 5.92 Å². The number of hydrogen-bond donors (Lipinski definition) is 2. The van der Waals surface area contributed by atoms with E-state index in [2.05, 4.69) is 22.7 Å². The van der Waals surface area contributed by atoms with Gasteiger partial charge in [0.25, 0.3) is 0 Å². The molecule has 2 nitrogen and oxygen atoms in total. The third-order valence-corrected chi connectivity index (χ3v) is 3.26. The summed E-state index contributed by atoms with van der Waals surface area (Å²) in [6.07, 6.45) is 7.04. The van der Waals surface area contributed by atoms with E-state index in [1.807, 2.05) is 0 Å². The first kappa shape index (κ1) is 6.72. The summed E-state index contributed by atoms with van der Waals surface area (Å²) in [5.41, 5.74) is 3.14. The maximum absolute atomic E-state index is 3.50. The van der Waals surface area contributed by atoms with Crippen LogP contribution < -0.4 is 5.32 Å². The molecule has 1 fully saturated rings. The smallest absolute Gasteiger partial charge is 0.00435 e. The van der Waals surface area contributed by atoms with E-state index >= 15 is 0 Å². The number of aromatic nitrogens is 1. The second-order valence-corrected chi connectivity index (χ2v) is 4.10. The molecule has 1 saturated heterocycles. The molecular weight excluding hydrogens is 148 g/mol. The average molecular weight is 162 g/mol. The van der Waals surface area contributed by atoms with E-state index in [-0.39, 0.29) is 0 Å². The van der Waals surface area contributed by atoms with Crippen molar-refractivity contribution in [1.29, 1.82) is 0 Å². The Hall–Kier alpha value is -0.760. The van der Waals surface area contributed by atoms with E-state index in [1.54, 1.807) is 11.1 Å². The summed E-state index contributed by atoms with van der Waals surface area (Å²) in [4.78, 5) is 3.23. The summed E-state index contributed by atoms with van der Waals surface area (Å²) >= 11 is 0. The minimum Gasteiger partial charge on any atom is -0.367 e. The highest BCUT2D eigenvalue weighted by Gasteiger charge is 2.30. The van der Waals surface area contributed by atoms with Gasteiger partial charge in [-0.3, -0.25) is 0 Å². The monoisotopic (exact) mass is 162 g/mol. The van der Waals surface area contributed by atoms with Crippen molar-refractivity contribution in [2.45, 2.75) is 18.8 Å². The zero-order valence-electron chi connectivity index (χ0n) is 7.14. The fourth-order valence-corrected chi connectivity index (χ4v) is 2.70. The standard InChI is InChI=1S/C10H14N2/c1-7-2-9-5-12-6-10(9)8(1)4-11-3-7/h5-8,11-12H,1-4H2/t7-,8?/m0/s1. The number of fused-ring (bicyclic) bond motifs is 4. The van der Waals surface area contributed by atoms with Gasteiger partial charge in [-0.2, -0.15) is 0 Å². The second kappa shape index (κ2) is 2.36. The van der Waals surface area contributed by atoms with Gasteiger partial charge in [-0.1, -0.05) is 0 Å². The van der Waals surface area contributed by atoms with Gasteiger partial charge in [0.15, 0.2) is 0 Å². The molecule has 2 N–H and O–H groups in total. The lowest BCUT2D eigenvalue weighted by Crippen LogP contribution is -2.38. The van der Waals surface area contributed by atoms with Crippen LogP contribution in [0.3, 0.4) is 0 Å². The van der Waals surface area contributed by atoms with Crippen LogP contribution in [0.15, 0.2) is 12.4 Å². The fraction of sp³-hybridized carbons (Fsp3) is 0.600. The van der Waals surface area contributed by atoms with E-state index in [4.69, 9.17) is 0 Å². The predicted molar refractivity (Wildman–Crippen MR) is 48.2 cm³/mol. The van der Waals surface area contributed by atoms with Crippen molar-refractivity contribution in [3.8, 4) is 0 Å². The van der Waals surface area contributed by atoms with Gasteiger partial charge < -0.3 is 10.3 Å². The van der Waals surface area contributed by atoms with Crippen LogP contribution >= 0.6 is 0 Å². The van der Waals surface area contributed by atoms with Crippen LogP contribution in [0.1, 0.15) is 23.5 Å². The molecule has 2 heteroatoms. The molecule has 3 rings (SSSR count). The molecular formula is C10H14N2. The van der Waals surface area contributed by atoms with E-state index in [9.17, 15) is 0 Å². The second-order valence-electron chi connectivity index (χ2n) is 4.10. The summed E-state index contributed by atoms with van der Waals surface area (Å²) in [6.45, 7) is 2.41. The SMILES string of the molecule is c1[nH]cc2c1C[C@H]1CNCC2C1. The molecule has 1 aliphatic carbocycles. The third-order valence-electron chi connectivity index (χ3n) is 3.26. The number of nitrogens with one attached hydrogen (secondary N) is 2. The summed E-state index contributed by atoms with van der Waals surface area (Å²) in [5, 5.41) is 3.50. The topological polar surface area (TPSA) is 27.8 Å². The predicted octanol–water partition coefficient (Wildman–Crippen LogP) is 1.26. The maximum atomic E-state index is 3.50. The Morgan fingerprint density at radius 1 is 1.25 bits per heavy atom. The molecule has 0 amide bonds. The highest BCUT2D eigenvalue weighted by atomic mass is 14.9. The first-order valence-corrected chi connectivity index (χ1v) is 4.80. The Morgan fingerprint density at radius 3 is 3.25 bits per heavy atom. The van der Waals surface area contributed by atoms with Crippen molar-refractivity contribution in [3.05, 3.63) is 23.5 Å². The molecule has 64 valence electrons. The van der Waals surface area contributed by atoms with Crippen LogP contribution in [-0.2, 0) is 6.42 Å². The Morgan fingerprint density at radius 2 is 2.25 bits per heavy atom. The molecule has 2 heterocycles. The Balaban J connectivity index is 2.04. The van der Waals surface area contributed by atoms with Crippen molar-refractivity contribution < 1.29 is 0 Å². The first-order chi connectivity index (χ1) is 5.93. The van der Waals surface area contributed by atoms with Crippen molar-refractivity contribution >= 4 is 0 Å². The Kier molecular flexibility index (Phi) is 1.32. The Bertz CT molecular complexity index is 290. The molecule has 1 aromatic heterocycles. The van der Waals surface area contributed by atoms with Crippen LogP contribution in [-0.4, -0.2) is 18.1 Å². The number of H-pyrrole nitrogens is 1. The molecule has 1 unspecified atom stereocenters. The zero-order chi connectivity index (χ0) is 7.97. The van der Waals surface area contributed by atoms with Crippen LogP contribution in [0.25, 0.3) is 0 Å². The number of piperidine rings is 1. The van der Waals surface area contributed by atoms with E-state index in [1.165, 1.54) is 25.9 Å². The molecule has 1 aromatic rings. The van der Waals surface area contributed by atoms with Crippen LogP contribution in [0.5, 0.6) is 0 Å². The molecule has 0 spiro atoms. The molecule has 1 aliphatic heterocycles. The van der Waals surface area contributed by atoms with Crippen LogP contribution in [0, 0.1) is 5.92 Å². The average Bonchev–Trinajstić information content (AvgIpc) is 2.53. The minimum atomic E-state index is 0.791. The summed E-state index contributed by atoms with van der Waals surface area (Å²) in [7, 11) is 0. The van der Waals surface area contributed by atoms with Gasteiger partial charge in [0.2, 0.25) is 0 Å². The van der Waals surface area contributed by atoms with Gasteiger partial charge in [0.05, 0.1) is 0 Å². The highest BCUT2D eigenvalue weighted by Crippen LogP contribution is 2.36. The highest BCUT2D eigenvalue weighted by molar-refractivity contribution is 5.31. The molecule has 2 bridgehead atoms. The van der Waals surface area contributed by atoms with Gasteiger partial charge in [0, 0.05) is 18.9 Å². The first-order valence-electron chi connectivity index (χ1n) is 4.80. The molecule has 0 aromatic carbocycles. The van der Waals surface area contributed by atoms with Gasteiger partial charge in [-0.25, -0.2) is 0 Å². The normalized spacial score (nSPS) is 33.0. The third kappa shape index (κ3) is 0.845. The number of rotatable bonds is 0. The number of hydrogen-bond acceptors (Lipinski definition) is 1. The van der Waals surface area contributed by atoms with Crippen LogP contribution in [0.2, 0.25) is 0 Å². The maximum Gasteiger partial charge on any atom is 0.00435 e. The minimum absolute atomic E-state index is 0.791. The quantitative estimate of drug-likeness (QED) is 0.590. The lowest BCUT2D eigenvalue weighted by Gasteiger charge is -2.34. The lowest BCUT2D eigenvalue weighted by molar-refractivity contribution is 0.319. The molecule has 2 aliphatic rings. The lowest BCUT2D eigenvalue weighted by atomic mass is 9.76. The van der Waals surface area contributed by atoms with Gasteiger partial charge in [0.1, 0.15) is 0 Å². The van der Waals surface area contributed by atoms with E-state index < -0.39 is 0 Å². The van der Waals surface area contributed by atoms with Gasteiger partial charge in [-0.15, -0.1) is 0 Å². The van der Waals surface area contributed by atoms with Gasteiger partial charge in [-0.05, 0) is 42.3 Å².